The van der Waals surface area contributed by atoms with E-state index in [0.717, 1.165) is 0 Å². The first kappa shape index (κ1) is 16.2. The minimum Gasteiger partial charge on any atom is -0.481 e. The molecule has 0 spiro atoms. The molecule has 0 aromatic heterocycles. The van der Waals surface area contributed by atoms with Crippen molar-refractivity contribution in [2.45, 2.75) is 6.42 Å². The van der Waals surface area contributed by atoms with Gasteiger partial charge in [0.05, 0.1) is 12.5 Å². The number of carbonyl (C=O) groups is 3. The van der Waals surface area contributed by atoms with Crippen molar-refractivity contribution in [3.63, 3.8) is 0 Å². The van der Waals surface area contributed by atoms with Gasteiger partial charge in [-0.15, -0.1) is 0 Å². The number of carboxylic acids is 1. The lowest BCUT2D eigenvalue weighted by molar-refractivity contribution is -0.141. The molecule has 1 atom stereocenters. The van der Waals surface area contributed by atoms with Gasteiger partial charge in [-0.25, -0.2) is 4.79 Å². The van der Waals surface area contributed by atoms with Gasteiger partial charge in [0.25, 0.3) is 0 Å². The van der Waals surface area contributed by atoms with E-state index < -0.39 is 11.9 Å². The molecule has 1 saturated heterocycles. The minimum atomic E-state index is -0.889. The van der Waals surface area contributed by atoms with Crippen LogP contribution in [0, 0.1) is 5.92 Å². The van der Waals surface area contributed by atoms with Gasteiger partial charge < -0.3 is 25.0 Å². The molecule has 0 aromatic rings. The third kappa shape index (κ3) is 4.69. The molecule has 0 bridgehead atoms. The highest BCUT2D eigenvalue weighted by atomic mass is 16.5. The highest BCUT2D eigenvalue weighted by molar-refractivity contribution is 5.84. The third-order valence-electron chi connectivity index (χ3n) is 3.14. The molecule has 0 radical (unpaired) electrons. The number of urea groups is 1. The summed E-state index contributed by atoms with van der Waals surface area (Å²) in [5.74, 6) is -1.67. The molecule has 8 heteroatoms. The van der Waals surface area contributed by atoms with Crippen LogP contribution in [0.5, 0.6) is 0 Å². The lowest BCUT2D eigenvalue weighted by Crippen LogP contribution is -2.45. The number of ether oxygens (including phenoxy) is 1. The summed E-state index contributed by atoms with van der Waals surface area (Å²) in [5.41, 5.74) is 0. The number of aliphatic carboxylic acids is 1. The zero-order valence-corrected chi connectivity index (χ0v) is 11.8. The SMILES string of the molecule is COCCNC(=O)CN(C)C(=O)N1CCC(C(=O)O)C1. The molecule has 1 fully saturated rings. The summed E-state index contributed by atoms with van der Waals surface area (Å²) in [6.07, 6.45) is 0.453. The Balaban J connectivity index is 2.36. The minimum absolute atomic E-state index is 0.0587. The van der Waals surface area contributed by atoms with Crippen LogP contribution in [-0.2, 0) is 14.3 Å². The van der Waals surface area contributed by atoms with E-state index in [2.05, 4.69) is 5.32 Å². The van der Waals surface area contributed by atoms with Crippen LogP contribution in [0.1, 0.15) is 6.42 Å². The number of carboxylic acid groups (broad SMARTS) is 1. The van der Waals surface area contributed by atoms with Crippen LogP contribution in [-0.4, -0.2) is 79.8 Å². The monoisotopic (exact) mass is 287 g/mol. The summed E-state index contributed by atoms with van der Waals surface area (Å²) in [6.45, 7) is 1.35. The Bertz CT molecular complexity index is 374. The van der Waals surface area contributed by atoms with Crippen molar-refractivity contribution in [2.24, 2.45) is 5.92 Å². The van der Waals surface area contributed by atoms with Gasteiger partial charge in [-0.2, -0.15) is 0 Å². The van der Waals surface area contributed by atoms with Crippen LogP contribution in [0.3, 0.4) is 0 Å². The standard InChI is InChI=1S/C12H21N3O5/c1-14(8-10(16)13-4-6-20-2)12(19)15-5-3-9(7-15)11(17)18/h9H,3-8H2,1-2H3,(H,13,16)(H,17,18). The van der Waals surface area contributed by atoms with Crippen molar-refractivity contribution in [2.75, 3.05) is 46.9 Å². The Labute approximate surface area is 117 Å². The van der Waals surface area contributed by atoms with Gasteiger partial charge in [0, 0.05) is 33.8 Å². The molecule has 8 nitrogen and oxygen atoms in total. The molecule has 3 amide bonds. The van der Waals surface area contributed by atoms with Crippen LogP contribution in [0.2, 0.25) is 0 Å². The maximum absolute atomic E-state index is 12.0. The number of hydrogen-bond donors (Lipinski definition) is 2. The maximum Gasteiger partial charge on any atom is 0.320 e. The quantitative estimate of drug-likeness (QED) is 0.624. The summed E-state index contributed by atoms with van der Waals surface area (Å²) in [6, 6.07) is -0.323. The highest BCUT2D eigenvalue weighted by Gasteiger charge is 2.32. The molecule has 1 aliphatic rings. The highest BCUT2D eigenvalue weighted by Crippen LogP contribution is 2.17. The van der Waals surface area contributed by atoms with Crippen molar-refractivity contribution in [1.82, 2.24) is 15.1 Å². The summed E-state index contributed by atoms with van der Waals surface area (Å²) in [7, 11) is 3.06. The predicted molar refractivity (Wildman–Crippen MR) is 70.2 cm³/mol. The summed E-state index contributed by atoms with van der Waals surface area (Å²) in [4.78, 5) is 37.2. The van der Waals surface area contributed by atoms with E-state index in [0.29, 0.717) is 26.1 Å². The molecule has 2 N–H and O–H groups in total. The molecule has 20 heavy (non-hydrogen) atoms. The van der Waals surface area contributed by atoms with Crippen LogP contribution < -0.4 is 5.32 Å². The van der Waals surface area contributed by atoms with Crippen LogP contribution in [0.15, 0.2) is 0 Å². The van der Waals surface area contributed by atoms with Crippen LogP contribution in [0.4, 0.5) is 4.79 Å². The first-order valence-electron chi connectivity index (χ1n) is 6.44. The fourth-order valence-corrected chi connectivity index (χ4v) is 2.01. The molecule has 0 aliphatic carbocycles. The number of likely N-dealkylation sites (N-methyl/N-ethyl adjacent to an activating group) is 1. The number of carbonyl (C=O) groups excluding carboxylic acids is 2. The van der Waals surface area contributed by atoms with Gasteiger partial charge >= 0.3 is 12.0 Å². The first-order valence-corrected chi connectivity index (χ1v) is 6.44. The summed E-state index contributed by atoms with van der Waals surface area (Å²) >= 11 is 0. The number of nitrogens with zero attached hydrogens (tertiary/aromatic N) is 2. The van der Waals surface area contributed by atoms with Gasteiger partial charge in [-0.1, -0.05) is 0 Å². The molecule has 1 rings (SSSR count). The number of methoxy groups -OCH3 is 1. The van der Waals surface area contributed by atoms with E-state index in [1.807, 2.05) is 0 Å². The molecular formula is C12H21N3O5. The Morgan fingerprint density at radius 1 is 1.45 bits per heavy atom. The molecule has 1 unspecified atom stereocenters. The van der Waals surface area contributed by atoms with Gasteiger partial charge in [-0.05, 0) is 6.42 Å². The molecule has 0 saturated carbocycles. The first-order chi connectivity index (χ1) is 9.45. The zero-order chi connectivity index (χ0) is 15.1. The van der Waals surface area contributed by atoms with Crippen molar-refractivity contribution in [1.29, 1.82) is 0 Å². The van der Waals surface area contributed by atoms with Crippen LogP contribution in [0.25, 0.3) is 0 Å². The Morgan fingerprint density at radius 3 is 2.70 bits per heavy atom. The van der Waals surface area contributed by atoms with Gasteiger partial charge in [0.2, 0.25) is 5.91 Å². The topological polar surface area (TPSA) is 99.2 Å². The average Bonchev–Trinajstić information content (AvgIpc) is 2.87. The number of rotatable bonds is 6. The Morgan fingerprint density at radius 2 is 2.15 bits per heavy atom. The molecule has 114 valence electrons. The molecule has 0 aromatic carbocycles. The van der Waals surface area contributed by atoms with Crippen molar-refractivity contribution >= 4 is 17.9 Å². The van der Waals surface area contributed by atoms with Crippen molar-refractivity contribution < 1.29 is 24.2 Å². The summed E-state index contributed by atoms with van der Waals surface area (Å²) in [5, 5.41) is 11.5. The second-order valence-corrected chi connectivity index (χ2v) is 4.75. The Hall–Kier alpha value is -1.83. The largest absolute Gasteiger partial charge is 0.481 e. The fourth-order valence-electron chi connectivity index (χ4n) is 2.01. The molecule has 1 heterocycles. The smallest absolute Gasteiger partial charge is 0.320 e. The second-order valence-electron chi connectivity index (χ2n) is 4.75. The van der Waals surface area contributed by atoms with Gasteiger partial charge in [0.1, 0.15) is 6.54 Å². The average molecular weight is 287 g/mol. The number of hydrogen-bond acceptors (Lipinski definition) is 4. The Kier molecular flexibility index (Phi) is 6.23. The van der Waals surface area contributed by atoms with Crippen molar-refractivity contribution in [3.8, 4) is 0 Å². The van der Waals surface area contributed by atoms with E-state index >= 15 is 0 Å². The number of amides is 3. The second kappa shape index (κ2) is 7.68. The third-order valence-corrected chi connectivity index (χ3v) is 3.14. The zero-order valence-electron chi connectivity index (χ0n) is 11.8. The van der Waals surface area contributed by atoms with Gasteiger partial charge in [-0.3, -0.25) is 9.59 Å². The molecule has 1 aliphatic heterocycles. The van der Waals surface area contributed by atoms with E-state index in [1.165, 1.54) is 24.0 Å². The lowest BCUT2D eigenvalue weighted by Gasteiger charge is -2.24. The van der Waals surface area contributed by atoms with Crippen molar-refractivity contribution in [3.05, 3.63) is 0 Å². The molecular weight excluding hydrogens is 266 g/mol. The van der Waals surface area contributed by atoms with E-state index in [-0.39, 0.29) is 25.0 Å². The van der Waals surface area contributed by atoms with Gasteiger partial charge in [0.15, 0.2) is 0 Å². The fraction of sp³-hybridized carbons (Fsp3) is 0.750. The normalized spacial score (nSPS) is 17.9. The number of nitrogens with one attached hydrogen (secondary N) is 1. The van der Waals surface area contributed by atoms with E-state index in [9.17, 15) is 14.4 Å². The lowest BCUT2D eigenvalue weighted by atomic mass is 10.1. The maximum atomic E-state index is 12.0. The van der Waals surface area contributed by atoms with E-state index in [4.69, 9.17) is 9.84 Å². The predicted octanol–water partition coefficient (Wildman–Crippen LogP) is -0.793. The number of likely N-dealkylation sites (tertiary alicyclic amines) is 1. The van der Waals surface area contributed by atoms with Crippen LogP contribution >= 0.6 is 0 Å². The van der Waals surface area contributed by atoms with E-state index in [1.54, 1.807) is 0 Å². The summed E-state index contributed by atoms with van der Waals surface area (Å²) < 4.78 is 4.80.